The summed E-state index contributed by atoms with van der Waals surface area (Å²) in [6.07, 6.45) is 1.78. The molecule has 0 spiro atoms. The number of nitrogens with one attached hydrogen (secondary N) is 2. The van der Waals surface area contributed by atoms with Crippen molar-refractivity contribution in [3.63, 3.8) is 0 Å². The molecule has 0 amide bonds. The Balaban J connectivity index is 2.13. The Morgan fingerprint density at radius 1 is 1.22 bits per heavy atom. The van der Waals surface area contributed by atoms with E-state index >= 15 is 0 Å². The van der Waals surface area contributed by atoms with E-state index in [1.807, 2.05) is 24.4 Å². The zero-order valence-corrected chi connectivity index (χ0v) is 11.3. The average molecular weight is 265 g/mol. The quantitative estimate of drug-likeness (QED) is 0.836. The van der Waals surface area contributed by atoms with Crippen molar-refractivity contribution in [3.05, 3.63) is 16.6 Å². The molecule has 0 saturated carbocycles. The zero-order valence-electron chi connectivity index (χ0n) is 10.5. The minimum atomic E-state index is 0.535. The third kappa shape index (κ3) is 3.04. The summed E-state index contributed by atoms with van der Waals surface area (Å²) in [6.45, 7) is 0.609. The zero-order chi connectivity index (χ0) is 13.0. The number of rotatable bonds is 5. The summed E-state index contributed by atoms with van der Waals surface area (Å²) in [4.78, 5) is 18.8. The van der Waals surface area contributed by atoms with Gasteiger partial charge in [0, 0.05) is 32.7 Å². The highest BCUT2D eigenvalue weighted by Gasteiger charge is 2.07. The van der Waals surface area contributed by atoms with Crippen LogP contribution in [0.2, 0.25) is 0 Å². The van der Waals surface area contributed by atoms with Crippen molar-refractivity contribution in [2.75, 3.05) is 36.7 Å². The molecule has 0 aromatic carbocycles. The molecule has 0 fully saturated rings. The molecule has 0 aliphatic rings. The van der Waals surface area contributed by atoms with Crippen LogP contribution in [-0.4, -0.2) is 41.1 Å². The molecule has 0 aliphatic carbocycles. The van der Waals surface area contributed by atoms with Crippen LogP contribution in [0.15, 0.2) is 11.6 Å². The Morgan fingerprint density at radius 2 is 2.00 bits per heavy atom. The molecule has 0 radical (unpaired) electrons. The smallest absolute Gasteiger partial charge is 0.231 e. The van der Waals surface area contributed by atoms with Crippen molar-refractivity contribution in [1.82, 2.24) is 19.9 Å². The summed E-state index contributed by atoms with van der Waals surface area (Å²) in [5, 5.41) is 8.98. The molecule has 96 valence electrons. The molecule has 2 N–H and O–H groups in total. The largest absolute Gasteiger partial charge is 0.357 e. The van der Waals surface area contributed by atoms with Crippen LogP contribution < -0.4 is 15.5 Å². The second-order valence-electron chi connectivity index (χ2n) is 3.71. The van der Waals surface area contributed by atoms with Gasteiger partial charge < -0.3 is 15.5 Å². The van der Waals surface area contributed by atoms with Gasteiger partial charge in [-0.1, -0.05) is 0 Å². The molecule has 0 unspecified atom stereocenters. The number of anilines is 3. The normalized spacial score (nSPS) is 10.2. The van der Waals surface area contributed by atoms with E-state index in [-0.39, 0.29) is 0 Å². The van der Waals surface area contributed by atoms with Crippen molar-refractivity contribution >= 4 is 29.2 Å². The predicted octanol–water partition coefficient (Wildman–Crippen LogP) is 1.05. The molecule has 0 bridgehead atoms. The lowest BCUT2D eigenvalue weighted by Crippen LogP contribution is -2.16. The van der Waals surface area contributed by atoms with Crippen LogP contribution in [0.4, 0.5) is 17.8 Å². The summed E-state index contributed by atoms with van der Waals surface area (Å²) in [6, 6.07) is 0. The molecule has 0 aliphatic heterocycles. The second kappa shape index (κ2) is 5.58. The molecule has 8 heteroatoms. The van der Waals surface area contributed by atoms with Crippen LogP contribution in [0, 0.1) is 0 Å². The fourth-order valence-electron chi connectivity index (χ4n) is 1.25. The van der Waals surface area contributed by atoms with Gasteiger partial charge in [0.05, 0.1) is 6.54 Å². The summed E-state index contributed by atoms with van der Waals surface area (Å²) in [7, 11) is 5.55. The Labute approximate surface area is 109 Å². The summed E-state index contributed by atoms with van der Waals surface area (Å²) in [5.74, 6) is 1.68. The molecule has 2 aromatic heterocycles. The lowest BCUT2D eigenvalue weighted by molar-refractivity contribution is 0.942. The summed E-state index contributed by atoms with van der Waals surface area (Å²) in [5.41, 5.74) is 0. The maximum absolute atomic E-state index is 4.31. The fraction of sp³-hybridized carbons (Fsp3) is 0.400. The Bertz CT molecular complexity index is 497. The van der Waals surface area contributed by atoms with Crippen molar-refractivity contribution in [3.8, 4) is 0 Å². The van der Waals surface area contributed by atoms with Gasteiger partial charge in [-0.3, -0.25) is 0 Å². The Kier molecular flexibility index (Phi) is 3.88. The molecule has 2 heterocycles. The van der Waals surface area contributed by atoms with Crippen LogP contribution in [-0.2, 0) is 6.54 Å². The fourth-order valence-corrected chi connectivity index (χ4v) is 1.81. The van der Waals surface area contributed by atoms with E-state index < -0.39 is 0 Å². The molecule has 0 atom stereocenters. The predicted molar refractivity (Wildman–Crippen MR) is 73.1 cm³/mol. The van der Waals surface area contributed by atoms with Crippen LogP contribution in [0.1, 0.15) is 5.01 Å². The second-order valence-corrected chi connectivity index (χ2v) is 4.69. The van der Waals surface area contributed by atoms with Gasteiger partial charge >= 0.3 is 0 Å². The number of aromatic nitrogens is 4. The van der Waals surface area contributed by atoms with E-state index in [0.29, 0.717) is 24.4 Å². The SMILES string of the molecule is CNc1nc(NCc2nccs2)nc(N(C)C)n1. The number of thiazole rings is 1. The highest BCUT2D eigenvalue weighted by molar-refractivity contribution is 7.09. The van der Waals surface area contributed by atoms with E-state index in [0.717, 1.165) is 5.01 Å². The van der Waals surface area contributed by atoms with E-state index in [2.05, 4.69) is 30.6 Å². The van der Waals surface area contributed by atoms with Gasteiger partial charge in [0.25, 0.3) is 0 Å². The highest BCUT2D eigenvalue weighted by Crippen LogP contribution is 2.12. The van der Waals surface area contributed by atoms with Crippen LogP contribution in [0.25, 0.3) is 0 Å². The third-order valence-corrected chi connectivity index (χ3v) is 2.91. The van der Waals surface area contributed by atoms with Gasteiger partial charge in [-0.25, -0.2) is 4.98 Å². The van der Waals surface area contributed by atoms with Gasteiger partial charge in [-0.2, -0.15) is 15.0 Å². The first-order valence-electron chi connectivity index (χ1n) is 5.42. The lowest BCUT2D eigenvalue weighted by Gasteiger charge is -2.12. The first-order valence-corrected chi connectivity index (χ1v) is 6.30. The van der Waals surface area contributed by atoms with Crippen molar-refractivity contribution in [2.45, 2.75) is 6.54 Å². The Morgan fingerprint density at radius 3 is 2.61 bits per heavy atom. The maximum atomic E-state index is 4.31. The monoisotopic (exact) mass is 265 g/mol. The molecule has 0 saturated heterocycles. The number of nitrogens with zero attached hydrogens (tertiary/aromatic N) is 5. The lowest BCUT2D eigenvalue weighted by atomic mass is 10.6. The van der Waals surface area contributed by atoms with Crippen LogP contribution >= 0.6 is 11.3 Å². The van der Waals surface area contributed by atoms with E-state index in [1.54, 1.807) is 24.6 Å². The van der Waals surface area contributed by atoms with Crippen molar-refractivity contribution in [1.29, 1.82) is 0 Å². The minimum absolute atomic E-state index is 0.535. The highest BCUT2D eigenvalue weighted by atomic mass is 32.1. The molecule has 7 nitrogen and oxygen atoms in total. The van der Waals surface area contributed by atoms with Crippen LogP contribution in [0.3, 0.4) is 0 Å². The number of hydrogen-bond donors (Lipinski definition) is 2. The molecule has 2 aromatic rings. The molecular weight excluding hydrogens is 250 g/mol. The van der Waals surface area contributed by atoms with Gasteiger partial charge in [-0.15, -0.1) is 11.3 Å². The Hall–Kier alpha value is -1.96. The van der Waals surface area contributed by atoms with Gasteiger partial charge in [0.1, 0.15) is 5.01 Å². The average Bonchev–Trinajstić information content (AvgIpc) is 2.89. The first-order chi connectivity index (χ1) is 8.69. The third-order valence-electron chi connectivity index (χ3n) is 2.13. The summed E-state index contributed by atoms with van der Waals surface area (Å²) >= 11 is 1.59. The van der Waals surface area contributed by atoms with E-state index in [4.69, 9.17) is 0 Å². The van der Waals surface area contributed by atoms with Gasteiger partial charge in [-0.05, 0) is 0 Å². The minimum Gasteiger partial charge on any atom is -0.357 e. The summed E-state index contributed by atoms with van der Waals surface area (Å²) < 4.78 is 0. The standard InChI is InChI=1S/C10H15N7S/c1-11-8-14-9(16-10(15-8)17(2)3)13-6-7-12-4-5-18-7/h4-5H,6H2,1-3H3,(H2,11,13,14,15,16). The number of hydrogen-bond acceptors (Lipinski definition) is 8. The van der Waals surface area contributed by atoms with E-state index in [9.17, 15) is 0 Å². The topological polar surface area (TPSA) is 78.9 Å². The van der Waals surface area contributed by atoms with Gasteiger partial charge in [0.2, 0.25) is 17.8 Å². The van der Waals surface area contributed by atoms with Crippen molar-refractivity contribution in [2.24, 2.45) is 0 Å². The first kappa shape index (κ1) is 12.5. The molecular formula is C10H15N7S. The molecule has 2 rings (SSSR count). The van der Waals surface area contributed by atoms with E-state index in [1.165, 1.54) is 0 Å². The maximum Gasteiger partial charge on any atom is 0.231 e. The van der Waals surface area contributed by atoms with Gasteiger partial charge in [0.15, 0.2) is 0 Å². The van der Waals surface area contributed by atoms with Crippen molar-refractivity contribution < 1.29 is 0 Å². The van der Waals surface area contributed by atoms with Crippen LogP contribution in [0.5, 0.6) is 0 Å². The molecule has 18 heavy (non-hydrogen) atoms.